The van der Waals surface area contributed by atoms with Gasteiger partial charge in [-0.1, -0.05) is 6.07 Å². The van der Waals surface area contributed by atoms with E-state index in [-0.39, 0.29) is 6.09 Å². The number of rotatable bonds is 4. The highest BCUT2D eigenvalue weighted by molar-refractivity contribution is 5.91. The number of amides is 1. The Morgan fingerprint density at radius 2 is 2.13 bits per heavy atom. The molecule has 124 valence electrons. The first kappa shape index (κ1) is 15.8. The molecule has 1 aliphatic heterocycles. The van der Waals surface area contributed by atoms with E-state index in [4.69, 9.17) is 9.47 Å². The quantitative estimate of drug-likeness (QED) is 0.938. The molecule has 3 rings (SSSR count). The van der Waals surface area contributed by atoms with Gasteiger partial charge in [-0.3, -0.25) is 0 Å². The van der Waals surface area contributed by atoms with Crippen LogP contribution >= 0.6 is 0 Å². The van der Waals surface area contributed by atoms with Gasteiger partial charge in [-0.15, -0.1) is 0 Å². The van der Waals surface area contributed by atoms with Crippen molar-refractivity contribution < 1.29 is 14.3 Å². The van der Waals surface area contributed by atoms with Crippen LogP contribution in [0.1, 0.15) is 5.56 Å². The molecular weight excluding hydrogens is 294 g/mol. The number of carbonyl (C=O) groups excluding carboxylic acids is 1. The summed E-state index contributed by atoms with van der Waals surface area (Å²) in [5, 5.41) is 0.996. The van der Waals surface area contributed by atoms with Gasteiger partial charge in [-0.25, -0.2) is 4.79 Å². The largest absolute Gasteiger partial charge is 0.415 e. The summed E-state index contributed by atoms with van der Waals surface area (Å²) in [6, 6.07) is 5.75. The van der Waals surface area contributed by atoms with Crippen LogP contribution in [0.15, 0.2) is 24.4 Å². The molecule has 1 N–H and O–H groups in total. The maximum Gasteiger partial charge on any atom is 0.415 e. The molecule has 1 amide bonds. The second-order valence-electron chi connectivity index (χ2n) is 6.01. The first-order valence-corrected chi connectivity index (χ1v) is 7.93. The van der Waals surface area contributed by atoms with Crippen LogP contribution in [-0.2, 0) is 11.2 Å². The summed E-state index contributed by atoms with van der Waals surface area (Å²) < 4.78 is 10.9. The summed E-state index contributed by atoms with van der Waals surface area (Å²) in [6.45, 7) is 3.23. The van der Waals surface area contributed by atoms with E-state index in [1.807, 2.05) is 38.5 Å². The molecule has 6 nitrogen and oxygen atoms in total. The fourth-order valence-electron chi connectivity index (χ4n) is 2.75. The summed E-state index contributed by atoms with van der Waals surface area (Å²) in [5.41, 5.74) is 2.16. The van der Waals surface area contributed by atoms with Gasteiger partial charge in [-0.2, -0.15) is 0 Å². The van der Waals surface area contributed by atoms with Gasteiger partial charge in [0.25, 0.3) is 0 Å². The smallest absolute Gasteiger partial charge is 0.409 e. The number of likely N-dealkylation sites (N-methyl/N-ethyl adjacent to an activating group) is 1. The summed E-state index contributed by atoms with van der Waals surface area (Å²) in [6.07, 6.45) is 2.60. The van der Waals surface area contributed by atoms with Gasteiger partial charge < -0.3 is 24.3 Å². The molecule has 1 fully saturated rings. The molecule has 0 bridgehead atoms. The third-order valence-electron chi connectivity index (χ3n) is 4.04. The van der Waals surface area contributed by atoms with E-state index in [9.17, 15) is 4.79 Å². The van der Waals surface area contributed by atoms with Crippen molar-refractivity contribution in [2.75, 3.05) is 46.9 Å². The lowest BCUT2D eigenvalue weighted by molar-refractivity contribution is 0.0417. The minimum atomic E-state index is -0.305. The number of aromatic nitrogens is 1. The molecule has 0 saturated carbocycles. The lowest BCUT2D eigenvalue weighted by Gasteiger charge is -2.26. The molecule has 1 saturated heterocycles. The molecule has 2 heterocycles. The Morgan fingerprint density at radius 1 is 1.35 bits per heavy atom. The lowest BCUT2D eigenvalue weighted by atomic mass is 10.1. The van der Waals surface area contributed by atoms with Crippen LogP contribution in [-0.4, -0.2) is 67.8 Å². The normalized spacial score (nSPS) is 15.3. The first-order chi connectivity index (χ1) is 11.1. The summed E-state index contributed by atoms with van der Waals surface area (Å²) in [5.74, 6) is 0.619. The first-order valence-electron chi connectivity index (χ1n) is 7.93. The summed E-state index contributed by atoms with van der Waals surface area (Å²) in [4.78, 5) is 19.4. The van der Waals surface area contributed by atoms with E-state index in [2.05, 4.69) is 9.88 Å². The van der Waals surface area contributed by atoms with Crippen molar-refractivity contribution in [3.8, 4) is 5.75 Å². The van der Waals surface area contributed by atoms with E-state index in [1.165, 1.54) is 5.56 Å². The monoisotopic (exact) mass is 317 g/mol. The highest BCUT2D eigenvalue weighted by atomic mass is 16.6. The predicted octanol–water partition coefficient (Wildman–Crippen LogP) is 2.10. The molecule has 6 heteroatoms. The summed E-state index contributed by atoms with van der Waals surface area (Å²) >= 11 is 0. The molecule has 0 atom stereocenters. The Kier molecular flexibility index (Phi) is 4.83. The Labute approximate surface area is 136 Å². The molecule has 0 aliphatic carbocycles. The number of fused-ring (bicyclic) bond motifs is 1. The number of ether oxygens (including phenoxy) is 2. The molecule has 1 aromatic carbocycles. The van der Waals surface area contributed by atoms with Crippen LogP contribution in [0, 0.1) is 0 Å². The number of carbonyl (C=O) groups is 1. The Hall–Kier alpha value is -2.05. The third kappa shape index (κ3) is 3.65. The summed E-state index contributed by atoms with van der Waals surface area (Å²) in [7, 11) is 4.10. The standard InChI is InChI=1S/C17H23N3O3/c1-19(2)7-6-13-12-18-14-4-3-5-15(16(13)14)23-17(21)20-8-10-22-11-9-20/h3-5,12,18H,6-11H2,1-2H3. The number of nitrogens with zero attached hydrogens (tertiary/aromatic N) is 2. The number of aromatic amines is 1. The fraction of sp³-hybridized carbons (Fsp3) is 0.471. The average Bonchev–Trinajstić information content (AvgIpc) is 2.98. The molecule has 1 aliphatic rings. The van der Waals surface area contributed by atoms with Crippen LogP contribution in [0.25, 0.3) is 10.9 Å². The lowest BCUT2D eigenvalue weighted by Crippen LogP contribution is -2.42. The van der Waals surface area contributed by atoms with Crippen LogP contribution in [0.2, 0.25) is 0 Å². The molecule has 1 aromatic heterocycles. The average molecular weight is 317 g/mol. The van der Waals surface area contributed by atoms with Crippen molar-refractivity contribution in [1.29, 1.82) is 0 Å². The minimum Gasteiger partial charge on any atom is -0.409 e. The van der Waals surface area contributed by atoms with Crippen LogP contribution in [0.3, 0.4) is 0 Å². The van der Waals surface area contributed by atoms with Crippen LogP contribution in [0.5, 0.6) is 5.75 Å². The van der Waals surface area contributed by atoms with Crippen molar-refractivity contribution in [1.82, 2.24) is 14.8 Å². The SMILES string of the molecule is CN(C)CCc1c[nH]c2cccc(OC(=O)N3CCOCC3)c12. The Morgan fingerprint density at radius 3 is 2.87 bits per heavy atom. The third-order valence-corrected chi connectivity index (χ3v) is 4.04. The highest BCUT2D eigenvalue weighted by Gasteiger charge is 2.20. The second kappa shape index (κ2) is 7.02. The van der Waals surface area contributed by atoms with Crippen molar-refractivity contribution in [3.05, 3.63) is 30.0 Å². The molecular formula is C17H23N3O3. The predicted molar refractivity (Wildman–Crippen MR) is 89.0 cm³/mol. The van der Waals surface area contributed by atoms with Crippen LogP contribution < -0.4 is 4.74 Å². The van der Waals surface area contributed by atoms with E-state index in [1.54, 1.807) is 4.90 Å². The van der Waals surface area contributed by atoms with Crippen molar-refractivity contribution in [2.24, 2.45) is 0 Å². The van der Waals surface area contributed by atoms with Gasteiger partial charge >= 0.3 is 6.09 Å². The van der Waals surface area contributed by atoms with Gasteiger partial charge in [-0.05, 0) is 38.2 Å². The van der Waals surface area contributed by atoms with Crippen molar-refractivity contribution >= 4 is 17.0 Å². The van der Waals surface area contributed by atoms with E-state index in [0.717, 1.165) is 23.9 Å². The molecule has 23 heavy (non-hydrogen) atoms. The maximum atomic E-state index is 12.3. The van der Waals surface area contributed by atoms with Crippen LogP contribution in [0.4, 0.5) is 4.79 Å². The Balaban J connectivity index is 1.81. The molecule has 2 aromatic rings. The van der Waals surface area contributed by atoms with Gasteiger partial charge in [0.05, 0.1) is 13.2 Å². The van der Waals surface area contributed by atoms with E-state index >= 15 is 0 Å². The molecule has 0 radical (unpaired) electrons. The number of benzene rings is 1. The molecule has 0 unspecified atom stereocenters. The zero-order chi connectivity index (χ0) is 16.2. The maximum absolute atomic E-state index is 12.3. The van der Waals surface area contributed by atoms with E-state index in [0.29, 0.717) is 32.1 Å². The molecule has 0 spiro atoms. The highest BCUT2D eigenvalue weighted by Crippen LogP contribution is 2.29. The van der Waals surface area contributed by atoms with Gasteiger partial charge in [0.1, 0.15) is 5.75 Å². The van der Waals surface area contributed by atoms with Gasteiger partial charge in [0.15, 0.2) is 0 Å². The number of morpholine rings is 1. The minimum absolute atomic E-state index is 0.305. The van der Waals surface area contributed by atoms with E-state index < -0.39 is 0 Å². The van der Waals surface area contributed by atoms with Crippen molar-refractivity contribution in [2.45, 2.75) is 6.42 Å². The van der Waals surface area contributed by atoms with Gasteiger partial charge in [0.2, 0.25) is 0 Å². The zero-order valence-electron chi connectivity index (χ0n) is 13.7. The second-order valence-corrected chi connectivity index (χ2v) is 6.01. The number of hydrogen-bond acceptors (Lipinski definition) is 4. The number of H-pyrrole nitrogens is 1. The topological polar surface area (TPSA) is 57.8 Å². The Bertz CT molecular complexity index is 675. The fourth-order valence-corrected chi connectivity index (χ4v) is 2.75. The van der Waals surface area contributed by atoms with Crippen molar-refractivity contribution in [3.63, 3.8) is 0 Å². The van der Waals surface area contributed by atoms with Gasteiger partial charge in [0, 0.05) is 36.7 Å². The zero-order valence-corrected chi connectivity index (χ0v) is 13.7. The number of hydrogen-bond donors (Lipinski definition) is 1. The number of nitrogens with one attached hydrogen (secondary N) is 1.